The molecule has 0 aromatic carbocycles. The first-order valence-electron chi connectivity index (χ1n) is 5.53. The molecule has 2 heterocycles. The maximum atomic E-state index is 10.9. The first-order chi connectivity index (χ1) is 8.63. The maximum absolute atomic E-state index is 10.9. The molecule has 2 aromatic rings. The lowest BCUT2D eigenvalue weighted by atomic mass is 10.3. The van der Waals surface area contributed by atoms with Crippen LogP contribution in [0.3, 0.4) is 0 Å². The van der Waals surface area contributed by atoms with Gasteiger partial charge in [0.05, 0.1) is 17.1 Å². The predicted molar refractivity (Wildman–Crippen MR) is 81.0 cm³/mol. The Bertz CT molecular complexity index is 550. The highest BCUT2D eigenvalue weighted by atomic mass is 79.9. The largest absolute Gasteiger partial charge is 0.346 e. The van der Waals surface area contributed by atoms with E-state index in [1.165, 1.54) is 16.2 Å². The predicted octanol–water partition coefficient (Wildman–Crippen LogP) is 3.98. The summed E-state index contributed by atoms with van der Waals surface area (Å²) in [5.41, 5.74) is 0.893. The SMILES string of the molecule is CCc1nc(N(C)Cc2cc(Br)cs2)sc1C=O. The zero-order valence-corrected chi connectivity index (χ0v) is 13.4. The third-order valence-corrected chi connectivity index (χ3v) is 5.32. The van der Waals surface area contributed by atoms with Crippen LogP contribution < -0.4 is 4.90 Å². The molecule has 18 heavy (non-hydrogen) atoms. The summed E-state index contributed by atoms with van der Waals surface area (Å²) in [6.07, 6.45) is 1.69. The topological polar surface area (TPSA) is 33.2 Å². The summed E-state index contributed by atoms with van der Waals surface area (Å²) in [5, 5.41) is 2.97. The number of aryl methyl sites for hydroxylation is 1. The number of halogens is 1. The summed E-state index contributed by atoms with van der Waals surface area (Å²) < 4.78 is 1.11. The number of nitrogens with zero attached hydrogens (tertiary/aromatic N) is 2. The lowest BCUT2D eigenvalue weighted by molar-refractivity contribution is 0.112. The molecule has 6 heteroatoms. The zero-order valence-electron chi connectivity index (χ0n) is 10.1. The molecule has 2 rings (SSSR count). The molecule has 0 N–H and O–H groups in total. The number of aromatic nitrogens is 1. The molecule has 0 atom stereocenters. The lowest BCUT2D eigenvalue weighted by Gasteiger charge is -2.13. The van der Waals surface area contributed by atoms with Gasteiger partial charge in [0.15, 0.2) is 11.4 Å². The monoisotopic (exact) mass is 344 g/mol. The molecule has 0 aliphatic carbocycles. The molecule has 3 nitrogen and oxygen atoms in total. The van der Waals surface area contributed by atoms with Crippen molar-refractivity contribution in [3.63, 3.8) is 0 Å². The van der Waals surface area contributed by atoms with Crippen LogP contribution in [0.1, 0.15) is 27.2 Å². The Labute approximate surface area is 123 Å². The van der Waals surface area contributed by atoms with Crippen molar-refractivity contribution in [1.82, 2.24) is 4.98 Å². The van der Waals surface area contributed by atoms with Crippen molar-refractivity contribution in [1.29, 1.82) is 0 Å². The number of hydrogen-bond acceptors (Lipinski definition) is 5. The second kappa shape index (κ2) is 5.95. The Morgan fingerprint density at radius 1 is 1.56 bits per heavy atom. The maximum Gasteiger partial charge on any atom is 0.186 e. The Hall–Kier alpha value is -0.720. The fourth-order valence-electron chi connectivity index (χ4n) is 1.60. The molecule has 0 aliphatic heterocycles. The highest BCUT2D eigenvalue weighted by Gasteiger charge is 2.13. The molecule has 0 saturated heterocycles. The van der Waals surface area contributed by atoms with E-state index in [-0.39, 0.29) is 0 Å². The molecular formula is C12H13BrN2OS2. The zero-order chi connectivity index (χ0) is 13.1. The van der Waals surface area contributed by atoms with Crippen LogP contribution in [-0.4, -0.2) is 18.3 Å². The van der Waals surface area contributed by atoms with Crippen LogP contribution in [0.15, 0.2) is 15.9 Å². The number of hydrogen-bond donors (Lipinski definition) is 0. The highest BCUT2D eigenvalue weighted by Crippen LogP contribution is 2.27. The van der Waals surface area contributed by atoms with Crippen molar-refractivity contribution < 1.29 is 4.79 Å². The van der Waals surface area contributed by atoms with Gasteiger partial charge in [0.2, 0.25) is 0 Å². The number of aldehydes is 1. The summed E-state index contributed by atoms with van der Waals surface area (Å²) in [6, 6.07) is 2.11. The van der Waals surface area contributed by atoms with Gasteiger partial charge in [-0.05, 0) is 28.4 Å². The van der Waals surface area contributed by atoms with Crippen molar-refractivity contribution in [2.24, 2.45) is 0 Å². The summed E-state index contributed by atoms with van der Waals surface area (Å²) in [6.45, 7) is 2.83. The molecule has 0 fully saturated rings. The first-order valence-corrected chi connectivity index (χ1v) is 8.02. The van der Waals surface area contributed by atoms with E-state index < -0.39 is 0 Å². The Morgan fingerprint density at radius 3 is 2.83 bits per heavy atom. The van der Waals surface area contributed by atoms with Gasteiger partial charge in [-0.1, -0.05) is 18.3 Å². The van der Waals surface area contributed by atoms with Crippen molar-refractivity contribution >= 4 is 50.0 Å². The number of thiophene rings is 1. The molecule has 0 amide bonds. The third-order valence-electron chi connectivity index (χ3n) is 2.50. The van der Waals surface area contributed by atoms with Crippen LogP contribution in [0.4, 0.5) is 5.13 Å². The molecule has 2 aromatic heterocycles. The second-order valence-electron chi connectivity index (χ2n) is 3.87. The average molecular weight is 345 g/mol. The van der Waals surface area contributed by atoms with E-state index in [1.54, 1.807) is 11.3 Å². The third kappa shape index (κ3) is 2.99. The molecular weight excluding hydrogens is 332 g/mol. The van der Waals surface area contributed by atoms with Crippen molar-refractivity contribution in [3.05, 3.63) is 31.4 Å². The van der Waals surface area contributed by atoms with E-state index in [9.17, 15) is 4.79 Å². The second-order valence-corrected chi connectivity index (χ2v) is 6.79. The van der Waals surface area contributed by atoms with E-state index in [0.29, 0.717) is 0 Å². The summed E-state index contributed by atoms with van der Waals surface area (Å²) >= 11 is 6.62. The minimum Gasteiger partial charge on any atom is -0.346 e. The summed E-state index contributed by atoms with van der Waals surface area (Å²) in [5.74, 6) is 0. The van der Waals surface area contributed by atoms with Crippen LogP contribution in [0.2, 0.25) is 0 Å². The number of thiazole rings is 1. The molecule has 0 spiro atoms. The molecule has 96 valence electrons. The lowest BCUT2D eigenvalue weighted by Crippen LogP contribution is -2.15. The van der Waals surface area contributed by atoms with Crippen molar-refractivity contribution in [2.75, 3.05) is 11.9 Å². The van der Waals surface area contributed by atoms with Gasteiger partial charge in [0, 0.05) is 21.8 Å². The highest BCUT2D eigenvalue weighted by molar-refractivity contribution is 9.10. The van der Waals surface area contributed by atoms with Gasteiger partial charge in [0.1, 0.15) is 0 Å². The van der Waals surface area contributed by atoms with E-state index in [2.05, 4.69) is 37.3 Å². The van der Waals surface area contributed by atoms with E-state index in [4.69, 9.17) is 0 Å². The van der Waals surface area contributed by atoms with E-state index >= 15 is 0 Å². The number of rotatable bonds is 5. The normalized spacial score (nSPS) is 10.6. The molecule has 0 radical (unpaired) electrons. The fourth-order valence-corrected chi connectivity index (χ4v) is 4.03. The van der Waals surface area contributed by atoms with Crippen LogP contribution in [-0.2, 0) is 13.0 Å². The molecule has 0 unspecified atom stereocenters. The van der Waals surface area contributed by atoms with Gasteiger partial charge in [0.25, 0.3) is 0 Å². The van der Waals surface area contributed by atoms with E-state index in [1.807, 2.05) is 14.0 Å². The number of anilines is 1. The van der Waals surface area contributed by atoms with Crippen LogP contribution in [0, 0.1) is 0 Å². The molecule has 0 saturated carbocycles. The fraction of sp³-hybridized carbons (Fsp3) is 0.333. The van der Waals surface area contributed by atoms with Gasteiger partial charge in [-0.2, -0.15) is 0 Å². The number of carbonyl (C=O) groups excluding carboxylic acids is 1. The standard InChI is InChI=1S/C12H13BrN2OS2/c1-3-10-11(6-16)18-12(14-10)15(2)5-9-4-8(13)7-17-9/h4,6-7H,3,5H2,1-2H3. The summed E-state index contributed by atoms with van der Waals surface area (Å²) in [4.78, 5) is 19.5. The van der Waals surface area contributed by atoms with Gasteiger partial charge in [-0.25, -0.2) is 4.98 Å². The average Bonchev–Trinajstić information content (AvgIpc) is 2.95. The Kier molecular flexibility index (Phi) is 4.53. The van der Waals surface area contributed by atoms with Gasteiger partial charge >= 0.3 is 0 Å². The first kappa shape index (κ1) is 13.7. The minimum atomic E-state index is 0.742. The van der Waals surface area contributed by atoms with Gasteiger partial charge in [-0.15, -0.1) is 11.3 Å². The number of carbonyl (C=O) groups is 1. The Morgan fingerprint density at radius 2 is 2.33 bits per heavy atom. The van der Waals surface area contributed by atoms with Crippen LogP contribution >= 0.6 is 38.6 Å². The van der Waals surface area contributed by atoms with Crippen LogP contribution in [0.25, 0.3) is 0 Å². The van der Waals surface area contributed by atoms with Crippen molar-refractivity contribution in [2.45, 2.75) is 19.9 Å². The quantitative estimate of drug-likeness (QED) is 0.769. The van der Waals surface area contributed by atoms with E-state index in [0.717, 1.165) is 39.4 Å². The van der Waals surface area contributed by atoms with Crippen molar-refractivity contribution in [3.8, 4) is 0 Å². The van der Waals surface area contributed by atoms with Gasteiger partial charge < -0.3 is 4.90 Å². The minimum absolute atomic E-state index is 0.742. The van der Waals surface area contributed by atoms with Crippen LogP contribution in [0.5, 0.6) is 0 Å². The van der Waals surface area contributed by atoms with Gasteiger partial charge in [-0.3, -0.25) is 4.79 Å². The molecule has 0 bridgehead atoms. The smallest absolute Gasteiger partial charge is 0.186 e. The molecule has 0 aliphatic rings. The Balaban J connectivity index is 2.15. The summed E-state index contributed by atoms with van der Waals surface area (Å²) in [7, 11) is 2.00.